The predicted molar refractivity (Wildman–Crippen MR) is 93.9 cm³/mol. The van der Waals surface area contributed by atoms with Gasteiger partial charge in [0, 0.05) is 18.7 Å². The summed E-state index contributed by atoms with van der Waals surface area (Å²) in [6, 6.07) is 3.32. The lowest BCUT2D eigenvalue weighted by molar-refractivity contribution is -0.122. The summed E-state index contributed by atoms with van der Waals surface area (Å²) in [6.07, 6.45) is 6.39. The van der Waals surface area contributed by atoms with E-state index in [9.17, 15) is 14.4 Å². The van der Waals surface area contributed by atoms with Gasteiger partial charge in [-0.25, -0.2) is 0 Å². The third kappa shape index (κ3) is 4.94. The Hall–Kier alpha value is -2.11. The zero-order valence-electron chi connectivity index (χ0n) is 14.6. The van der Waals surface area contributed by atoms with Gasteiger partial charge in [-0.3, -0.25) is 14.4 Å². The number of anilines is 1. The van der Waals surface area contributed by atoms with E-state index in [1.54, 1.807) is 26.0 Å². The molecule has 0 aliphatic heterocycles. The number of aromatic nitrogens is 1. The smallest absolute Gasteiger partial charge is 0.274 e. The van der Waals surface area contributed by atoms with E-state index in [1.807, 2.05) is 0 Å². The van der Waals surface area contributed by atoms with Crippen LogP contribution in [0.3, 0.4) is 0 Å². The highest BCUT2D eigenvalue weighted by Crippen LogP contribution is 2.22. The summed E-state index contributed by atoms with van der Waals surface area (Å²) in [4.78, 5) is 36.1. The van der Waals surface area contributed by atoms with Crippen LogP contribution < -0.4 is 16.2 Å². The van der Waals surface area contributed by atoms with E-state index >= 15 is 0 Å². The average molecular weight is 333 g/mol. The van der Waals surface area contributed by atoms with Crippen LogP contribution in [0, 0.1) is 12.8 Å². The molecule has 6 heteroatoms. The van der Waals surface area contributed by atoms with Crippen LogP contribution in [0.2, 0.25) is 0 Å². The van der Waals surface area contributed by atoms with E-state index in [4.69, 9.17) is 0 Å². The van der Waals surface area contributed by atoms with Gasteiger partial charge in [-0.15, -0.1) is 0 Å². The molecule has 2 N–H and O–H groups in total. The molecule has 1 aliphatic carbocycles. The van der Waals surface area contributed by atoms with Gasteiger partial charge in [-0.2, -0.15) is 0 Å². The number of pyridine rings is 1. The Kier molecular flexibility index (Phi) is 6.58. The van der Waals surface area contributed by atoms with Crippen molar-refractivity contribution < 1.29 is 9.59 Å². The van der Waals surface area contributed by atoms with Crippen molar-refractivity contribution >= 4 is 17.5 Å². The highest BCUT2D eigenvalue weighted by atomic mass is 16.2. The minimum atomic E-state index is -0.343. The van der Waals surface area contributed by atoms with Gasteiger partial charge in [0.05, 0.1) is 0 Å². The van der Waals surface area contributed by atoms with Crippen molar-refractivity contribution in [2.75, 3.05) is 11.9 Å². The lowest BCUT2D eigenvalue weighted by Crippen LogP contribution is -2.37. The average Bonchev–Trinajstić information content (AvgIpc) is 2.60. The van der Waals surface area contributed by atoms with Crippen LogP contribution in [0.5, 0.6) is 0 Å². The maximum Gasteiger partial charge on any atom is 0.274 e. The SMILES string of the molecule is CCC(=O)Nc1ccc(C)n(CC(=O)NCC2CCCCC2)c1=O. The largest absolute Gasteiger partial charge is 0.354 e. The van der Waals surface area contributed by atoms with Crippen LogP contribution in [0.1, 0.15) is 51.1 Å². The number of hydrogen-bond donors (Lipinski definition) is 2. The van der Waals surface area contributed by atoms with Crippen molar-refractivity contribution in [2.45, 2.75) is 58.9 Å². The second-order valence-electron chi connectivity index (χ2n) is 6.49. The Morgan fingerprint density at radius 2 is 1.88 bits per heavy atom. The summed E-state index contributed by atoms with van der Waals surface area (Å²) in [6.45, 7) is 4.16. The molecule has 0 bridgehead atoms. The summed E-state index contributed by atoms with van der Waals surface area (Å²) in [7, 11) is 0. The zero-order chi connectivity index (χ0) is 17.5. The minimum absolute atomic E-state index is 0.0206. The number of carbonyl (C=O) groups excluding carboxylic acids is 2. The molecule has 0 atom stereocenters. The van der Waals surface area contributed by atoms with Gasteiger partial charge >= 0.3 is 0 Å². The molecule has 0 saturated heterocycles. The number of rotatable bonds is 6. The summed E-state index contributed by atoms with van der Waals surface area (Å²) < 4.78 is 1.40. The van der Waals surface area contributed by atoms with E-state index in [0.717, 1.165) is 12.8 Å². The molecule has 0 unspecified atom stereocenters. The lowest BCUT2D eigenvalue weighted by Gasteiger charge is -2.22. The molecule has 1 aromatic rings. The quantitative estimate of drug-likeness (QED) is 0.837. The first-order valence-electron chi connectivity index (χ1n) is 8.78. The molecule has 24 heavy (non-hydrogen) atoms. The topological polar surface area (TPSA) is 80.2 Å². The fourth-order valence-electron chi connectivity index (χ4n) is 3.05. The number of carbonyl (C=O) groups is 2. The zero-order valence-corrected chi connectivity index (χ0v) is 14.6. The fraction of sp³-hybridized carbons (Fsp3) is 0.611. The highest BCUT2D eigenvalue weighted by Gasteiger charge is 2.16. The van der Waals surface area contributed by atoms with Crippen LogP contribution in [0.25, 0.3) is 0 Å². The number of aryl methyl sites for hydroxylation is 1. The van der Waals surface area contributed by atoms with Crippen molar-refractivity contribution in [3.05, 3.63) is 28.2 Å². The standard InChI is InChI=1S/C18H27N3O3/c1-3-16(22)20-15-10-9-13(2)21(18(15)24)12-17(23)19-11-14-7-5-4-6-8-14/h9-10,14H,3-8,11-12H2,1-2H3,(H,19,23)(H,20,22). The van der Waals surface area contributed by atoms with E-state index < -0.39 is 0 Å². The normalized spacial score (nSPS) is 15.1. The lowest BCUT2D eigenvalue weighted by atomic mass is 9.89. The van der Waals surface area contributed by atoms with Gasteiger partial charge in [-0.1, -0.05) is 26.2 Å². The van der Waals surface area contributed by atoms with E-state index in [-0.39, 0.29) is 29.6 Å². The molecule has 0 radical (unpaired) electrons. The van der Waals surface area contributed by atoms with Crippen LogP contribution in [-0.4, -0.2) is 22.9 Å². The van der Waals surface area contributed by atoms with Crippen LogP contribution in [0.15, 0.2) is 16.9 Å². The van der Waals surface area contributed by atoms with Gasteiger partial charge in [-0.05, 0) is 37.8 Å². The summed E-state index contributed by atoms with van der Waals surface area (Å²) in [5.41, 5.74) is 0.569. The fourth-order valence-corrected chi connectivity index (χ4v) is 3.05. The van der Waals surface area contributed by atoms with Crippen molar-refractivity contribution in [2.24, 2.45) is 5.92 Å². The Morgan fingerprint density at radius 1 is 1.17 bits per heavy atom. The molecule has 1 aliphatic rings. The molecule has 132 valence electrons. The molecule has 1 saturated carbocycles. The first-order valence-corrected chi connectivity index (χ1v) is 8.78. The monoisotopic (exact) mass is 333 g/mol. The molecule has 0 aromatic carbocycles. The Bertz CT molecular complexity index is 645. The molecule has 0 spiro atoms. The molecule has 1 aromatic heterocycles. The Labute approximate surface area is 142 Å². The van der Waals surface area contributed by atoms with Gasteiger partial charge in [0.15, 0.2) is 0 Å². The predicted octanol–water partition coefficient (Wildman–Crippen LogP) is 2.20. The minimum Gasteiger partial charge on any atom is -0.354 e. The molecule has 1 fully saturated rings. The maximum atomic E-state index is 12.5. The summed E-state index contributed by atoms with van der Waals surface area (Å²) in [5, 5.41) is 5.52. The van der Waals surface area contributed by atoms with E-state index in [0.29, 0.717) is 24.6 Å². The first kappa shape index (κ1) is 18.2. The summed E-state index contributed by atoms with van der Waals surface area (Å²) >= 11 is 0. The second kappa shape index (κ2) is 8.66. The van der Waals surface area contributed by atoms with Gasteiger partial charge < -0.3 is 15.2 Å². The van der Waals surface area contributed by atoms with Crippen LogP contribution in [-0.2, 0) is 16.1 Å². The molecule has 6 nitrogen and oxygen atoms in total. The molecular weight excluding hydrogens is 306 g/mol. The Morgan fingerprint density at radius 3 is 2.54 bits per heavy atom. The van der Waals surface area contributed by atoms with Crippen molar-refractivity contribution in [1.29, 1.82) is 0 Å². The van der Waals surface area contributed by atoms with Gasteiger partial charge in [0.25, 0.3) is 5.56 Å². The Balaban J connectivity index is 1.99. The van der Waals surface area contributed by atoms with Crippen LogP contribution >= 0.6 is 0 Å². The third-order valence-corrected chi connectivity index (χ3v) is 4.60. The highest BCUT2D eigenvalue weighted by molar-refractivity contribution is 5.90. The van der Waals surface area contributed by atoms with Gasteiger partial charge in [0.1, 0.15) is 12.2 Å². The van der Waals surface area contributed by atoms with Gasteiger partial charge in [0.2, 0.25) is 11.8 Å². The maximum absolute atomic E-state index is 12.5. The molecule has 1 heterocycles. The number of amides is 2. The third-order valence-electron chi connectivity index (χ3n) is 4.60. The van der Waals surface area contributed by atoms with E-state index in [2.05, 4.69) is 10.6 Å². The van der Waals surface area contributed by atoms with Crippen LogP contribution in [0.4, 0.5) is 5.69 Å². The molecular formula is C18H27N3O3. The second-order valence-corrected chi connectivity index (χ2v) is 6.49. The summed E-state index contributed by atoms with van der Waals surface area (Å²) in [5.74, 6) is 0.171. The number of nitrogens with zero attached hydrogens (tertiary/aromatic N) is 1. The van der Waals surface area contributed by atoms with Crippen molar-refractivity contribution in [1.82, 2.24) is 9.88 Å². The van der Waals surface area contributed by atoms with Crippen molar-refractivity contribution in [3.8, 4) is 0 Å². The molecule has 2 amide bonds. The van der Waals surface area contributed by atoms with Crippen molar-refractivity contribution in [3.63, 3.8) is 0 Å². The number of nitrogens with one attached hydrogen (secondary N) is 2. The van der Waals surface area contributed by atoms with E-state index in [1.165, 1.54) is 23.8 Å². The first-order chi connectivity index (χ1) is 11.5. The number of hydrogen-bond acceptors (Lipinski definition) is 3. The molecule has 2 rings (SSSR count).